The summed E-state index contributed by atoms with van der Waals surface area (Å²) in [6.07, 6.45) is 3.37. The molecule has 2 N–H and O–H groups in total. The van der Waals surface area contributed by atoms with Gasteiger partial charge in [-0.25, -0.2) is 0 Å². The van der Waals surface area contributed by atoms with Crippen molar-refractivity contribution < 1.29 is 9.90 Å². The van der Waals surface area contributed by atoms with E-state index < -0.39 is 6.10 Å². The van der Waals surface area contributed by atoms with E-state index in [-0.39, 0.29) is 11.9 Å². The molecule has 2 aromatic rings. The van der Waals surface area contributed by atoms with Crippen molar-refractivity contribution >= 4 is 17.3 Å². The molecule has 6 heteroatoms. The first kappa shape index (κ1) is 22.8. The first-order chi connectivity index (χ1) is 15.6. The van der Waals surface area contributed by atoms with E-state index in [1.54, 1.807) is 0 Å². The van der Waals surface area contributed by atoms with E-state index in [0.717, 1.165) is 50.5 Å². The number of aliphatic hydroxyl groups excluding tert-OH is 1. The molecule has 2 aromatic carbocycles. The van der Waals surface area contributed by atoms with Gasteiger partial charge in [-0.2, -0.15) is 0 Å². The summed E-state index contributed by atoms with van der Waals surface area (Å²) < 4.78 is 0. The maximum absolute atomic E-state index is 12.8. The Bertz CT molecular complexity index is 844. The highest BCUT2D eigenvalue weighted by molar-refractivity contribution is 5.94. The van der Waals surface area contributed by atoms with Crippen LogP contribution in [-0.4, -0.2) is 72.7 Å². The number of carbonyl (C=O) groups excluding carboxylic acids is 1. The predicted octanol–water partition coefficient (Wildman–Crippen LogP) is 3.36. The molecule has 172 valence electrons. The molecule has 2 heterocycles. The van der Waals surface area contributed by atoms with E-state index in [2.05, 4.69) is 32.1 Å². The molecule has 2 atom stereocenters. The van der Waals surface area contributed by atoms with Crippen LogP contribution in [0.25, 0.3) is 0 Å². The number of nitrogens with zero attached hydrogens (tertiary/aromatic N) is 3. The van der Waals surface area contributed by atoms with Crippen molar-refractivity contribution in [3.05, 3.63) is 60.2 Å². The Morgan fingerprint density at radius 2 is 1.56 bits per heavy atom. The number of aliphatic hydroxyl groups is 1. The second-order valence-electron chi connectivity index (χ2n) is 9.02. The van der Waals surface area contributed by atoms with Gasteiger partial charge in [0.15, 0.2) is 0 Å². The summed E-state index contributed by atoms with van der Waals surface area (Å²) in [6, 6.07) is 17.9. The van der Waals surface area contributed by atoms with Gasteiger partial charge >= 0.3 is 0 Å². The smallest absolute Gasteiger partial charge is 0.241 e. The Balaban J connectivity index is 1.23. The topological polar surface area (TPSA) is 59.1 Å². The highest BCUT2D eigenvalue weighted by Crippen LogP contribution is 2.22. The first-order valence-electron chi connectivity index (χ1n) is 12.0. The minimum atomic E-state index is -0.476. The number of rotatable bonds is 7. The molecule has 2 fully saturated rings. The average Bonchev–Trinajstić information content (AvgIpc) is 2.85. The zero-order chi connectivity index (χ0) is 22.3. The van der Waals surface area contributed by atoms with Crippen molar-refractivity contribution in [1.82, 2.24) is 9.80 Å². The molecular weight excluding hydrogens is 400 g/mol. The molecule has 0 spiro atoms. The standard InChI is InChI=1S/C26H36N4O2/c1-21(26(32)27-23-10-12-24(13-11-23)30-14-6-3-7-15-30)29-18-16-28(17-19-29)20-25(31)22-8-4-2-5-9-22/h2,4-5,8-13,21,25,31H,3,6-7,14-20H2,1H3,(H,27,32). The van der Waals surface area contributed by atoms with Crippen LogP contribution in [0.4, 0.5) is 11.4 Å². The number of anilines is 2. The summed E-state index contributed by atoms with van der Waals surface area (Å²) in [6.45, 7) is 8.20. The third-order valence-corrected chi connectivity index (χ3v) is 6.81. The third kappa shape index (κ3) is 5.88. The van der Waals surface area contributed by atoms with Crippen molar-refractivity contribution in [2.24, 2.45) is 0 Å². The molecule has 2 saturated heterocycles. The van der Waals surface area contributed by atoms with Crippen LogP contribution >= 0.6 is 0 Å². The quantitative estimate of drug-likeness (QED) is 0.697. The molecule has 0 aromatic heterocycles. The lowest BCUT2D eigenvalue weighted by molar-refractivity contribution is -0.121. The number of β-amino-alcohol motifs (C(OH)–C–C–N with tert-alkyl or cyclic N) is 1. The highest BCUT2D eigenvalue weighted by atomic mass is 16.3. The Kier molecular flexibility index (Phi) is 7.79. The van der Waals surface area contributed by atoms with Crippen LogP contribution in [0.3, 0.4) is 0 Å². The maximum atomic E-state index is 12.8. The molecule has 6 nitrogen and oxygen atoms in total. The number of amides is 1. The molecule has 0 saturated carbocycles. The fourth-order valence-electron chi connectivity index (χ4n) is 4.68. The number of piperidine rings is 1. The lowest BCUT2D eigenvalue weighted by Gasteiger charge is -2.38. The molecule has 2 aliphatic rings. The van der Waals surface area contributed by atoms with Gasteiger partial charge in [0.05, 0.1) is 12.1 Å². The number of hydrogen-bond acceptors (Lipinski definition) is 5. The normalized spacial score (nSPS) is 20.0. The van der Waals surface area contributed by atoms with Gasteiger partial charge in [-0.3, -0.25) is 14.6 Å². The summed E-state index contributed by atoms with van der Waals surface area (Å²) in [4.78, 5) is 19.7. The summed E-state index contributed by atoms with van der Waals surface area (Å²) in [7, 11) is 0. The summed E-state index contributed by atoms with van der Waals surface area (Å²) in [5, 5.41) is 13.6. The molecule has 1 amide bonds. The molecule has 2 unspecified atom stereocenters. The highest BCUT2D eigenvalue weighted by Gasteiger charge is 2.26. The van der Waals surface area contributed by atoms with Gasteiger partial charge < -0.3 is 15.3 Å². The predicted molar refractivity (Wildman–Crippen MR) is 130 cm³/mol. The molecule has 4 rings (SSSR count). The molecule has 0 bridgehead atoms. The van der Waals surface area contributed by atoms with Gasteiger partial charge in [-0.05, 0) is 56.0 Å². The average molecular weight is 437 g/mol. The monoisotopic (exact) mass is 436 g/mol. The van der Waals surface area contributed by atoms with Gasteiger partial charge in [0.25, 0.3) is 0 Å². The molecule has 0 radical (unpaired) electrons. The Hall–Kier alpha value is -2.41. The fourth-order valence-corrected chi connectivity index (χ4v) is 4.68. The second-order valence-corrected chi connectivity index (χ2v) is 9.02. The summed E-state index contributed by atoms with van der Waals surface area (Å²) in [5.41, 5.74) is 3.05. The lowest BCUT2D eigenvalue weighted by atomic mass is 10.1. The van der Waals surface area contributed by atoms with Crippen LogP contribution in [0.2, 0.25) is 0 Å². The zero-order valence-electron chi connectivity index (χ0n) is 19.1. The number of piperazine rings is 1. The van der Waals surface area contributed by atoms with Crippen LogP contribution in [0.15, 0.2) is 54.6 Å². The van der Waals surface area contributed by atoms with Crippen molar-refractivity contribution in [2.75, 3.05) is 56.0 Å². The maximum Gasteiger partial charge on any atom is 0.241 e. The van der Waals surface area contributed by atoms with Gasteiger partial charge in [0.2, 0.25) is 5.91 Å². The van der Waals surface area contributed by atoms with Gasteiger partial charge in [0, 0.05) is 57.2 Å². The number of carbonyl (C=O) groups is 1. The van der Waals surface area contributed by atoms with E-state index in [1.807, 2.05) is 49.4 Å². The van der Waals surface area contributed by atoms with Crippen LogP contribution in [0, 0.1) is 0 Å². The van der Waals surface area contributed by atoms with E-state index in [1.165, 1.54) is 24.9 Å². The number of hydrogen-bond donors (Lipinski definition) is 2. The van der Waals surface area contributed by atoms with Crippen molar-refractivity contribution in [2.45, 2.75) is 38.3 Å². The van der Waals surface area contributed by atoms with Crippen LogP contribution in [0.5, 0.6) is 0 Å². The lowest BCUT2D eigenvalue weighted by Crippen LogP contribution is -2.53. The van der Waals surface area contributed by atoms with Crippen LogP contribution in [0.1, 0.15) is 37.9 Å². The largest absolute Gasteiger partial charge is 0.387 e. The van der Waals surface area contributed by atoms with E-state index in [0.29, 0.717) is 6.54 Å². The zero-order valence-corrected chi connectivity index (χ0v) is 19.1. The molecule has 2 aliphatic heterocycles. The van der Waals surface area contributed by atoms with E-state index in [4.69, 9.17) is 0 Å². The second kappa shape index (κ2) is 10.9. The fraction of sp³-hybridized carbons (Fsp3) is 0.500. The van der Waals surface area contributed by atoms with Crippen molar-refractivity contribution in [1.29, 1.82) is 0 Å². The van der Waals surface area contributed by atoms with Gasteiger partial charge in [0.1, 0.15) is 0 Å². The molecular formula is C26H36N4O2. The molecule has 32 heavy (non-hydrogen) atoms. The van der Waals surface area contributed by atoms with Gasteiger partial charge in [-0.1, -0.05) is 30.3 Å². The van der Waals surface area contributed by atoms with Crippen LogP contribution < -0.4 is 10.2 Å². The summed E-state index contributed by atoms with van der Waals surface area (Å²) >= 11 is 0. The van der Waals surface area contributed by atoms with E-state index >= 15 is 0 Å². The minimum absolute atomic E-state index is 0.0356. The van der Waals surface area contributed by atoms with Gasteiger partial charge in [-0.15, -0.1) is 0 Å². The number of nitrogens with one attached hydrogen (secondary N) is 1. The number of benzene rings is 2. The van der Waals surface area contributed by atoms with E-state index in [9.17, 15) is 9.90 Å². The Labute approximate surface area is 191 Å². The molecule has 0 aliphatic carbocycles. The SMILES string of the molecule is CC(C(=O)Nc1ccc(N2CCCCC2)cc1)N1CCN(CC(O)c2ccccc2)CC1. The van der Waals surface area contributed by atoms with Crippen LogP contribution in [-0.2, 0) is 4.79 Å². The minimum Gasteiger partial charge on any atom is -0.387 e. The first-order valence-corrected chi connectivity index (χ1v) is 12.0. The summed E-state index contributed by atoms with van der Waals surface area (Å²) in [5.74, 6) is 0.0356. The van der Waals surface area contributed by atoms with Crippen molar-refractivity contribution in [3.63, 3.8) is 0 Å². The Morgan fingerprint density at radius 1 is 0.906 bits per heavy atom. The Morgan fingerprint density at radius 3 is 2.22 bits per heavy atom. The third-order valence-electron chi connectivity index (χ3n) is 6.81. The van der Waals surface area contributed by atoms with Crippen molar-refractivity contribution in [3.8, 4) is 0 Å².